The van der Waals surface area contributed by atoms with Crippen molar-refractivity contribution < 1.29 is 4.79 Å². The lowest BCUT2D eigenvalue weighted by Crippen LogP contribution is -2.38. The number of thiophene rings is 1. The van der Waals surface area contributed by atoms with Crippen molar-refractivity contribution in [1.29, 1.82) is 0 Å². The van der Waals surface area contributed by atoms with Gasteiger partial charge in [0.15, 0.2) is 5.82 Å². The minimum Gasteiger partial charge on any atom is -0.355 e. The van der Waals surface area contributed by atoms with Gasteiger partial charge in [-0.1, -0.05) is 24.3 Å². The smallest absolute Gasteiger partial charge is 0.227 e. The Bertz CT molecular complexity index is 1200. The summed E-state index contributed by atoms with van der Waals surface area (Å²) in [4.78, 5) is 20.8. The van der Waals surface area contributed by atoms with Crippen LogP contribution < -0.4 is 10.2 Å². The number of para-hydroxylation sites is 1. The number of aryl methyl sites for hydroxylation is 1. The van der Waals surface area contributed by atoms with E-state index in [9.17, 15) is 4.79 Å². The molecule has 0 radical (unpaired) electrons. The number of hydrogen-bond acceptors (Lipinski definition) is 6. The predicted octanol–water partition coefficient (Wildman–Crippen LogP) is 4.92. The second-order valence-corrected chi connectivity index (χ2v) is 8.78. The Morgan fingerprint density at radius 1 is 1.06 bits per heavy atom. The number of hydrogen-bond donors (Lipinski definition) is 1. The third-order valence-electron chi connectivity index (χ3n) is 5.72. The summed E-state index contributed by atoms with van der Waals surface area (Å²) in [7, 11) is 0. The van der Waals surface area contributed by atoms with Crippen molar-refractivity contribution in [1.82, 2.24) is 15.2 Å². The van der Waals surface area contributed by atoms with Gasteiger partial charge in [0.25, 0.3) is 0 Å². The van der Waals surface area contributed by atoms with Gasteiger partial charge < -0.3 is 10.2 Å². The van der Waals surface area contributed by atoms with Crippen LogP contribution in [0.4, 0.5) is 11.5 Å². The van der Waals surface area contributed by atoms with Crippen LogP contribution in [0.5, 0.6) is 0 Å². The summed E-state index contributed by atoms with van der Waals surface area (Å²) in [6.07, 6.45) is 1.59. The monoisotopic (exact) mass is 429 g/mol. The summed E-state index contributed by atoms with van der Waals surface area (Å²) < 4.78 is 0. The number of nitrogens with one attached hydrogen (secondary N) is 1. The van der Waals surface area contributed by atoms with E-state index < -0.39 is 0 Å². The average Bonchev–Trinajstić information content (AvgIpc) is 3.34. The number of anilines is 2. The first-order chi connectivity index (χ1) is 15.2. The summed E-state index contributed by atoms with van der Waals surface area (Å²) in [5.41, 5.74) is 3.53. The number of pyridine rings is 1. The largest absolute Gasteiger partial charge is 0.355 e. The van der Waals surface area contributed by atoms with E-state index in [0.717, 1.165) is 64.6 Å². The Morgan fingerprint density at radius 2 is 1.90 bits per heavy atom. The molecule has 4 heterocycles. The highest BCUT2D eigenvalue weighted by atomic mass is 32.1. The van der Waals surface area contributed by atoms with Gasteiger partial charge in [-0.3, -0.25) is 9.78 Å². The lowest BCUT2D eigenvalue weighted by molar-refractivity contribution is -0.120. The zero-order valence-electron chi connectivity index (χ0n) is 17.3. The number of carbonyl (C=O) groups excluding carboxylic acids is 1. The maximum atomic E-state index is 13.0. The number of aromatic nitrogens is 3. The van der Waals surface area contributed by atoms with Gasteiger partial charge in [0.05, 0.1) is 16.1 Å². The highest BCUT2D eigenvalue weighted by molar-refractivity contribution is 7.13. The molecule has 0 saturated carbocycles. The number of piperidine rings is 1. The van der Waals surface area contributed by atoms with Gasteiger partial charge in [0.2, 0.25) is 5.91 Å². The Morgan fingerprint density at radius 3 is 2.65 bits per heavy atom. The lowest BCUT2D eigenvalue weighted by Gasteiger charge is -2.31. The van der Waals surface area contributed by atoms with E-state index in [1.54, 1.807) is 11.3 Å². The van der Waals surface area contributed by atoms with Gasteiger partial charge in [-0.15, -0.1) is 21.5 Å². The number of benzene rings is 1. The van der Waals surface area contributed by atoms with E-state index >= 15 is 0 Å². The quantitative estimate of drug-likeness (QED) is 0.499. The summed E-state index contributed by atoms with van der Waals surface area (Å²) in [5, 5.41) is 15.0. The highest BCUT2D eigenvalue weighted by Crippen LogP contribution is 2.28. The van der Waals surface area contributed by atoms with Crippen molar-refractivity contribution in [3.8, 4) is 10.6 Å². The van der Waals surface area contributed by atoms with E-state index in [2.05, 4.69) is 25.4 Å². The molecule has 1 aliphatic heterocycles. The lowest BCUT2D eigenvalue weighted by atomic mass is 9.95. The van der Waals surface area contributed by atoms with Crippen LogP contribution in [-0.4, -0.2) is 34.2 Å². The molecular weight excluding hydrogens is 406 g/mol. The minimum absolute atomic E-state index is 0.0122. The van der Waals surface area contributed by atoms with Crippen molar-refractivity contribution in [3.05, 3.63) is 65.7 Å². The van der Waals surface area contributed by atoms with Crippen LogP contribution in [0, 0.1) is 12.8 Å². The highest BCUT2D eigenvalue weighted by Gasteiger charge is 2.26. The fourth-order valence-electron chi connectivity index (χ4n) is 4.07. The molecule has 0 aliphatic carbocycles. The fraction of sp³-hybridized carbons (Fsp3) is 0.250. The molecule has 0 spiro atoms. The Kier molecular flexibility index (Phi) is 5.34. The van der Waals surface area contributed by atoms with Crippen LogP contribution in [0.1, 0.15) is 18.5 Å². The van der Waals surface area contributed by atoms with E-state index in [1.807, 2.05) is 66.9 Å². The van der Waals surface area contributed by atoms with Crippen molar-refractivity contribution >= 4 is 39.7 Å². The van der Waals surface area contributed by atoms with Gasteiger partial charge in [-0.2, -0.15) is 0 Å². The molecule has 0 bridgehead atoms. The standard InChI is InChI=1S/C24H23N5OS/c1-16-15-21(18-5-2-3-6-19(18)25-16)26-24(30)17-10-12-29(13-11-17)23-9-8-20(27-28-23)22-7-4-14-31-22/h2-9,14-15,17H,10-13H2,1H3,(H,25,26,30). The molecule has 7 heteroatoms. The van der Waals surface area contributed by atoms with Gasteiger partial charge in [0.1, 0.15) is 5.69 Å². The van der Waals surface area contributed by atoms with Gasteiger partial charge in [0, 0.05) is 30.1 Å². The van der Waals surface area contributed by atoms with Gasteiger partial charge >= 0.3 is 0 Å². The maximum absolute atomic E-state index is 13.0. The third-order valence-corrected chi connectivity index (χ3v) is 6.61. The maximum Gasteiger partial charge on any atom is 0.227 e. The summed E-state index contributed by atoms with van der Waals surface area (Å²) in [6, 6.07) is 18.0. The molecule has 5 rings (SSSR count). The SMILES string of the molecule is Cc1cc(NC(=O)C2CCN(c3ccc(-c4cccs4)nn3)CC2)c2ccccc2n1. The van der Waals surface area contributed by atoms with Crippen molar-refractivity contribution in [2.24, 2.45) is 5.92 Å². The van der Waals surface area contributed by atoms with Crippen LogP contribution in [-0.2, 0) is 4.79 Å². The zero-order chi connectivity index (χ0) is 21.2. The first kappa shape index (κ1) is 19.6. The molecular formula is C24H23N5OS. The van der Waals surface area contributed by atoms with E-state index in [1.165, 1.54) is 0 Å². The Balaban J connectivity index is 1.23. The number of fused-ring (bicyclic) bond motifs is 1. The van der Waals surface area contributed by atoms with Crippen molar-refractivity contribution in [2.45, 2.75) is 19.8 Å². The second-order valence-electron chi connectivity index (χ2n) is 7.83. The molecule has 1 amide bonds. The first-order valence-electron chi connectivity index (χ1n) is 10.5. The van der Waals surface area contributed by atoms with E-state index in [0.29, 0.717) is 0 Å². The first-order valence-corrected chi connectivity index (χ1v) is 11.3. The fourth-order valence-corrected chi connectivity index (χ4v) is 4.76. The molecule has 1 N–H and O–H groups in total. The zero-order valence-corrected chi connectivity index (χ0v) is 18.1. The summed E-state index contributed by atoms with van der Waals surface area (Å²) in [6.45, 7) is 3.54. The van der Waals surface area contributed by atoms with Crippen LogP contribution in [0.2, 0.25) is 0 Å². The van der Waals surface area contributed by atoms with E-state index in [4.69, 9.17) is 0 Å². The summed E-state index contributed by atoms with van der Waals surface area (Å²) in [5.74, 6) is 0.936. The Hall–Kier alpha value is -3.32. The Labute approximate surface area is 185 Å². The molecule has 1 fully saturated rings. The number of carbonyl (C=O) groups is 1. The molecule has 156 valence electrons. The molecule has 4 aromatic rings. The molecule has 1 aliphatic rings. The van der Waals surface area contributed by atoms with Gasteiger partial charge in [-0.05, 0) is 55.5 Å². The summed E-state index contributed by atoms with van der Waals surface area (Å²) >= 11 is 1.66. The minimum atomic E-state index is -0.0122. The number of nitrogens with zero attached hydrogens (tertiary/aromatic N) is 4. The number of amides is 1. The van der Waals surface area contributed by atoms with Crippen LogP contribution in [0.3, 0.4) is 0 Å². The molecule has 3 aromatic heterocycles. The molecule has 0 atom stereocenters. The van der Waals surface area contributed by atoms with Crippen molar-refractivity contribution in [3.63, 3.8) is 0 Å². The molecule has 31 heavy (non-hydrogen) atoms. The normalized spacial score (nSPS) is 14.7. The third kappa shape index (κ3) is 4.14. The van der Waals surface area contributed by atoms with Crippen molar-refractivity contribution in [2.75, 3.05) is 23.3 Å². The topological polar surface area (TPSA) is 71.0 Å². The van der Waals surface area contributed by atoms with Gasteiger partial charge in [-0.25, -0.2) is 0 Å². The molecule has 0 unspecified atom stereocenters. The molecule has 6 nitrogen and oxygen atoms in total. The average molecular weight is 430 g/mol. The second kappa shape index (κ2) is 8.43. The number of rotatable bonds is 4. The molecule has 1 aromatic carbocycles. The molecule has 1 saturated heterocycles. The van der Waals surface area contributed by atoms with Crippen LogP contribution in [0.25, 0.3) is 21.5 Å². The van der Waals surface area contributed by atoms with E-state index in [-0.39, 0.29) is 11.8 Å². The predicted molar refractivity (Wildman–Crippen MR) is 125 cm³/mol. The van der Waals surface area contributed by atoms with Crippen LogP contribution >= 0.6 is 11.3 Å². The van der Waals surface area contributed by atoms with Crippen LogP contribution in [0.15, 0.2) is 60.0 Å².